The first kappa shape index (κ1) is 13.1. The van der Waals surface area contributed by atoms with Crippen LogP contribution in [0.25, 0.3) is 0 Å². The standard InChI is InChI=1S/C9H17N3O3S/c1-9(2,7-13)12(4)16(14,15)8-5-10-11(3)6-8/h5-6,13H,7H2,1-4H3. The average molecular weight is 247 g/mol. The Morgan fingerprint density at radius 1 is 1.56 bits per heavy atom. The molecule has 0 spiro atoms. The van der Waals surface area contributed by atoms with E-state index in [-0.39, 0.29) is 11.5 Å². The van der Waals surface area contributed by atoms with Gasteiger partial charge in [0, 0.05) is 20.3 Å². The van der Waals surface area contributed by atoms with Crippen LogP contribution >= 0.6 is 0 Å². The van der Waals surface area contributed by atoms with Gasteiger partial charge in [-0.1, -0.05) is 0 Å². The van der Waals surface area contributed by atoms with E-state index in [1.807, 2.05) is 0 Å². The molecular weight excluding hydrogens is 230 g/mol. The summed E-state index contributed by atoms with van der Waals surface area (Å²) in [6, 6.07) is 0. The predicted molar refractivity (Wildman–Crippen MR) is 59.3 cm³/mol. The molecule has 0 fully saturated rings. The molecule has 0 aliphatic heterocycles. The first-order valence-corrected chi connectivity index (χ1v) is 6.24. The van der Waals surface area contributed by atoms with Crippen molar-refractivity contribution < 1.29 is 13.5 Å². The summed E-state index contributed by atoms with van der Waals surface area (Å²) in [5.41, 5.74) is -0.839. The first-order valence-electron chi connectivity index (χ1n) is 4.80. The molecule has 1 rings (SSSR count). The highest BCUT2D eigenvalue weighted by molar-refractivity contribution is 7.89. The molecule has 0 aliphatic rings. The smallest absolute Gasteiger partial charge is 0.246 e. The zero-order valence-electron chi connectivity index (χ0n) is 9.88. The van der Waals surface area contributed by atoms with E-state index in [9.17, 15) is 8.42 Å². The minimum absolute atomic E-state index is 0.124. The Bertz CT molecular complexity index is 464. The largest absolute Gasteiger partial charge is 0.394 e. The first-order chi connectivity index (χ1) is 7.21. The van der Waals surface area contributed by atoms with E-state index in [1.54, 1.807) is 20.9 Å². The molecule has 92 valence electrons. The molecule has 0 bridgehead atoms. The summed E-state index contributed by atoms with van der Waals surface area (Å²) in [6.07, 6.45) is 2.72. The van der Waals surface area contributed by atoms with Crippen LogP contribution in [0.4, 0.5) is 0 Å². The maximum Gasteiger partial charge on any atom is 0.246 e. The minimum atomic E-state index is -3.60. The van der Waals surface area contributed by atoms with Gasteiger partial charge in [-0.2, -0.15) is 9.40 Å². The second kappa shape index (κ2) is 4.15. The predicted octanol–water partition coefficient (Wildman–Crippen LogP) is -0.189. The number of hydrogen-bond donors (Lipinski definition) is 1. The lowest BCUT2D eigenvalue weighted by molar-refractivity contribution is 0.138. The quantitative estimate of drug-likeness (QED) is 0.800. The molecule has 1 aromatic rings. The Kier molecular flexibility index (Phi) is 3.41. The lowest BCUT2D eigenvalue weighted by Gasteiger charge is -2.32. The van der Waals surface area contributed by atoms with Gasteiger partial charge in [0.15, 0.2) is 0 Å². The number of nitrogens with zero attached hydrogens (tertiary/aromatic N) is 3. The third-order valence-electron chi connectivity index (χ3n) is 2.58. The van der Waals surface area contributed by atoms with E-state index in [4.69, 9.17) is 5.11 Å². The van der Waals surface area contributed by atoms with Gasteiger partial charge in [0.1, 0.15) is 4.90 Å². The topological polar surface area (TPSA) is 75.4 Å². The zero-order chi connectivity index (χ0) is 12.6. The van der Waals surface area contributed by atoms with Crippen molar-refractivity contribution in [2.75, 3.05) is 13.7 Å². The monoisotopic (exact) mass is 247 g/mol. The summed E-state index contributed by atoms with van der Waals surface area (Å²) in [7, 11) is -0.506. The molecule has 0 unspecified atom stereocenters. The number of likely N-dealkylation sites (N-methyl/N-ethyl adjacent to an activating group) is 1. The van der Waals surface area contributed by atoms with E-state index in [2.05, 4.69) is 5.10 Å². The van der Waals surface area contributed by atoms with Crippen LogP contribution in [0, 0.1) is 0 Å². The van der Waals surface area contributed by atoms with Crippen molar-refractivity contribution in [1.82, 2.24) is 14.1 Å². The summed E-state index contributed by atoms with van der Waals surface area (Å²) in [4.78, 5) is 0.124. The molecule has 6 nitrogen and oxygen atoms in total. The molecule has 0 amide bonds. The van der Waals surface area contributed by atoms with Gasteiger partial charge in [0.05, 0.1) is 18.3 Å². The van der Waals surface area contributed by atoms with Crippen molar-refractivity contribution in [3.8, 4) is 0 Å². The number of aryl methyl sites for hydroxylation is 1. The summed E-state index contributed by atoms with van der Waals surface area (Å²) in [5.74, 6) is 0. The Balaban J connectivity index is 3.13. The fraction of sp³-hybridized carbons (Fsp3) is 0.667. The number of aliphatic hydroxyl groups excluding tert-OH is 1. The SMILES string of the molecule is CN(C(C)(C)CO)S(=O)(=O)c1cnn(C)c1. The van der Waals surface area contributed by atoms with Crippen molar-refractivity contribution in [2.45, 2.75) is 24.3 Å². The van der Waals surface area contributed by atoms with Crippen LogP contribution < -0.4 is 0 Å². The number of sulfonamides is 1. The van der Waals surface area contributed by atoms with Crippen molar-refractivity contribution in [1.29, 1.82) is 0 Å². The Hall–Kier alpha value is -0.920. The number of aliphatic hydroxyl groups is 1. The van der Waals surface area contributed by atoms with Crippen molar-refractivity contribution in [3.05, 3.63) is 12.4 Å². The molecule has 1 heterocycles. The van der Waals surface area contributed by atoms with Crippen LogP contribution in [0.1, 0.15) is 13.8 Å². The van der Waals surface area contributed by atoms with Crippen molar-refractivity contribution >= 4 is 10.0 Å². The molecule has 0 saturated carbocycles. The fourth-order valence-electron chi connectivity index (χ4n) is 1.12. The average Bonchev–Trinajstić information content (AvgIpc) is 2.64. The van der Waals surface area contributed by atoms with Gasteiger partial charge in [-0.15, -0.1) is 0 Å². The molecule has 0 radical (unpaired) electrons. The fourth-order valence-corrected chi connectivity index (χ4v) is 2.61. The zero-order valence-corrected chi connectivity index (χ0v) is 10.7. The molecule has 0 aromatic carbocycles. The summed E-state index contributed by atoms with van der Waals surface area (Å²) >= 11 is 0. The molecule has 1 N–H and O–H groups in total. The van der Waals surface area contributed by atoms with Crippen LogP contribution in [-0.4, -0.2) is 46.8 Å². The summed E-state index contributed by atoms with van der Waals surface area (Å²) in [6.45, 7) is 3.06. The van der Waals surface area contributed by atoms with Gasteiger partial charge in [-0.3, -0.25) is 4.68 Å². The van der Waals surface area contributed by atoms with Gasteiger partial charge in [0.2, 0.25) is 10.0 Å². The van der Waals surface area contributed by atoms with Crippen LogP contribution in [0.5, 0.6) is 0 Å². The van der Waals surface area contributed by atoms with Gasteiger partial charge < -0.3 is 5.11 Å². The van der Waals surface area contributed by atoms with Crippen LogP contribution in [0.2, 0.25) is 0 Å². The Morgan fingerprint density at radius 3 is 2.50 bits per heavy atom. The van der Waals surface area contributed by atoms with Gasteiger partial charge in [-0.25, -0.2) is 8.42 Å². The van der Waals surface area contributed by atoms with Crippen LogP contribution in [0.3, 0.4) is 0 Å². The molecular formula is C9H17N3O3S. The maximum atomic E-state index is 12.1. The van der Waals surface area contributed by atoms with E-state index in [1.165, 1.54) is 24.1 Å². The van der Waals surface area contributed by atoms with Crippen molar-refractivity contribution in [3.63, 3.8) is 0 Å². The normalized spacial score (nSPS) is 13.4. The van der Waals surface area contributed by atoms with Crippen molar-refractivity contribution in [2.24, 2.45) is 7.05 Å². The van der Waals surface area contributed by atoms with E-state index < -0.39 is 15.6 Å². The molecule has 0 saturated heterocycles. The molecule has 7 heteroatoms. The van der Waals surface area contributed by atoms with Gasteiger partial charge in [0.25, 0.3) is 0 Å². The van der Waals surface area contributed by atoms with E-state index in [0.29, 0.717) is 0 Å². The maximum absolute atomic E-state index is 12.1. The highest BCUT2D eigenvalue weighted by Crippen LogP contribution is 2.21. The molecule has 0 atom stereocenters. The highest BCUT2D eigenvalue weighted by atomic mass is 32.2. The summed E-state index contributed by atoms with van der Waals surface area (Å²) < 4.78 is 26.8. The summed E-state index contributed by atoms with van der Waals surface area (Å²) in [5, 5.41) is 13.0. The van der Waals surface area contributed by atoms with E-state index >= 15 is 0 Å². The molecule has 16 heavy (non-hydrogen) atoms. The Labute approximate surface area is 95.5 Å². The molecule has 1 aromatic heterocycles. The highest BCUT2D eigenvalue weighted by Gasteiger charge is 2.34. The van der Waals surface area contributed by atoms with Gasteiger partial charge in [-0.05, 0) is 13.8 Å². The van der Waals surface area contributed by atoms with Crippen LogP contribution in [0.15, 0.2) is 17.3 Å². The number of hydrogen-bond acceptors (Lipinski definition) is 4. The third kappa shape index (κ3) is 2.26. The molecule has 0 aliphatic carbocycles. The third-order valence-corrected chi connectivity index (χ3v) is 4.60. The second-order valence-electron chi connectivity index (χ2n) is 4.29. The Morgan fingerprint density at radius 2 is 2.12 bits per heavy atom. The number of aromatic nitrogens is 2. The number of rotatable bonds is 4. The second-order valence-corrected chi connectivity index (χ2v) is 6.26. The lowest BCUT2D eigenvalue weighted by Crippen LogP contribution is -2.47. The van der Waals surface area contributed by atoms with Crippen LogP contribution in [-0.2, 0) is 17.1 Å². The minimum Gasteiger partial charge on any atom is -0.394 e. The van der Waals surface area contributed by atoms with Gasteiger partial charge >= 0.3 is 0 Å². The lowest BCUT2D eigenvalue weighted by atomic mass is 10.1. The van der Waals surface area contributed by atoms with E-state index in [0.717, 1.165) is 4.31 Å².